The minimum Gasteiger partial charge on any atom is -0.491 e. The van der Waals surface area contributed by atoms with Crippen LogP contribution in [0.5, 0.6) is 5.75 Å². The lowest BCUT2D eigenvalue weighted by molar-refractivity contribution is 0.0932. The number of anilines is 2. The van der Waals surface area contributed by atoms with Gasteiger partial charge >= 0.3 is 0 Å². The summed E-state index contributed by atoms with van der Waals surface area (Å²) in [4.78, 5) is 32.7. The monoisotopic (exact) mass is 616 g/mol. The number of likely N-dealkylation sites (N-methyl/N-ethyl adjacent to an activating group) is 1. The molecule has 1 saturated heterocycles. The Morgan fingerprint density at radius 2 is 2.05 bits per heavy atom. The van der Waals surface area contributed by atoms with Crippen LogP contribution in [0.4, 0.5) is 24.7 Å². The van der Waals surface area contributed by atoms with E-state index in [1.807, 2.05) is 23.9 Å². The van der Waals surface area contributed by atoms with Crippen molar-refractivity contribution in [2.24, 2.45) is 5.73 Å². The fraction of sp³-hybridized carbons (Fsp3) is 0.357. The van der Waals surface area contributed by atoms with Crippen molar-refractivity contribution in [2.45, 2.75) is 25.3 Å². The third-order valence-electron chi connectivity index (χ3n) is 7.12. The largest absolute Gasteiger partial charge is 0.491 e. The number of carbonyl (C=O) groups is 2. The number of rotatable bonds is 10. The summed E-state index contributed by atoms with van der Waals surface area (Å²) in [5.74, 6) is -1.79. The first-order valence-electron chi connectivity index (χ1n) is 13.5. The lowest BCUT2D eigenvalue weighted by Crippen LogP contribution is -2.47. The molecule has 0 saturated carbocycles. The van der Waals surface area contributed by atoms with Gasteiger partial charge in [-0.3, -0.25) is 9.59 Å². The molecule has 5 rings (SSSR count). The molecular formula is C28H31F3N8O3S. The van der Waals surface area contributed by atoms with Gasteiger partial charge in [-0.25, -0.2) is 22.7 Å². The number of fused-ring (bicyclic) bond motifs is 1. The molecule has 5 N–H and O–H groups in total. The predicted molar refractivity (Wildman–Crippen MR) is 157 cm³/mol. The summed E-state index contributed by atoms with van der Waals surface area (Å²) in [7, 11) is 3.72. The van der Waals surface area contributed by atoms with E-state index in [9.17, 15) is 22.8 Å². The SMILES string of the molecule is CN(C)CCOc1cc(C(F)F)sc1C(=O)N[C@@H]1CCCN(c2cc(-c3ccc(C(N)=O)c(F)c3)n3ncnc(N)c23)C1. The highest BCUT2D eigenvalue weighted by molar-refractivity contribution is 7.14. The van der Waals surface area contributed by atoms with E-state index in [0.29, 0.717) is 54.9 Å². The molecule has 1 aliphatic rings. The molecule has 4 aromatic rings. The molecule has 0 bridgehead atoms. The first-order chi connectivity index (χ1) is 20.5. The van der Waals surface area contributed by atoms with Crippen LogP contribution < -0.4 is 26.4 Å². The third kappa shape index (κ3) is 6.37. The number of benzene rings is 1. The van der Waals surface area contributed by atoms with Crippen LogP contribution in [0.3, 0.4) is 0 Å². The Labute approximate surface area is 249 Å². The topological polar surface area (TPSA) is 144 Å². The van der Waals surface area contributed by atoms with E-state index < -0.39 is 24.1 Å². The minimum atomic E-state index is -2.72. The summed E-state index contributed by atoms with van der Waals surface area (Å²) < 4.78 is 48.8. The van der Waals surface area contributed by atoms with E-state index >= 15 is 0 Å². The van der Waals surface area contributed by atoms with Crippen molar-refractivity contribution in [2.75, 3.05) is 51.0 Å². The molecule has 43 heavy (non-hydrogen) atoms. The van der Waals surface area contributed by atoms with E-state index in [0.717, 1.165) is 11.3 Å². The fourth-order valence-electron chi connectivity index (χ4n) is 5.04. The number of nitrogens with two attached hydrogens (primary N) is 2. The van der Waals surface area contributed by atoms with E-state index in [4.69, 9.17) is 16.2 Å². The van der Waals surface area contributed by atoms with Crippen molar-refractivity contribution in [3.05, 3.63) is 57.8 Å². The van der Waals surface area contributed by atoms with Crippen molar-refractivity contribution in [3.63, 3.8) is 0 Å². The number of nitrogens with zero attached hydrogens (tertiary/aromatic N) is 5. The van der Waals surface area contributed by atoms with Crippen LogP contribution in [0.2, 0.25) is 0 Å². The standard InChI is InChI=1S/C28H31F3N8O3S/c1-37(2)8-9-42-21-12-22(25(30)31)43-24(21)28(41)36-16-4-3-7-38(13-16)20-11-19(39-23(20)26(32)34-14-35-39)15-5-6-17(27(33)40)18(29)10-15/h5-6,10-12,14,16,25H,3-4,7-9,13H2,1-2H3,(H2,33,40)(H,36,41)(H2,32,34,35)/t16-/m1/s1. The van der Waals surface area contributed by atoms with Gasteiger partial charge in [0.25, 0.3) is 18.2 Å². The number of hydrogen-bond acceptors (Lipinski definition) is 9. The smallest absolute Gasteiger partial charge is 0.272 e. The molecule has 4 heterocycles. The summed E-state index contributed by atoms with van der Waals surface area (Å²) in [6.45, 7) is 1.81. The first-order valence-corrected chi connectivity index (χ1v) is 14.3. The molecule has 1 fully saturated rings. The van der Waals surface area contributed by atoms with Crippen LogP contribution >= 0.6 is 11.3 Å². The zero-order valence-electron chi connectivity index (χ0n) is 23.5. The van der Waals surface area contributed by atoms with Gasteiger partial charge in [0, 0.05) is 37.3 Å². The number of alkyl halides is 2. The molecule has 228 valence electrons. The number of nitrogens with one attached hydrogen (secondary N) is 1. The number of carbonyl (C=O) groups excluding carboxylic acids is 2. The highest BCUT2D eigenvalue weighted by Crippen LogP contribution is 2.37. The summed E-state index contributed by atoms with van der Waals surface area (Å²) in [6, 6.07) is 6.79. The van der Waals surface area contributed by atoms with Gasteiger partial charge in [-0.1, -0.05) is 6.07 Å². The summed E-state index contributed by atoms with van der Waals surface area (Å²) >= 11 is 0.719. The summed E-state index contributed by atoms with van der Waals surface area (Å²) in [6.07, 6.45) is -0.0586. The Morgan fingerprint density at radius 3 is 2.74 bits per heavy atom. The average Bonchev–Trinajstić information content (AvgIpc) is 3.56. The second-order valence-corrected chi connectivity index (χ2v) is 11.5. The van der Waals surface area contributed by atoms with Gasteiger partial charge in [0.2, 0.25) is 0 Å². The Hall–Kier alpha value is -4.37. The molecule has 0 aliphatic carbocycles. The van der Waals surface area contributed by atoms with Gasteiger partial charge in [0.1, 0.15) is 34.9 Å². The molecule has 3 aromatic heterocycles. The Bertz CT molecular complexity index is 1660. The van der Waals surface area contributed by atoms with Gasteiger partial charge < -0.3 is 31.3 Å². The molecule has 1 aliphatic heterocycles. The van der Waals surface area contributed by atoms with Gasteiger partial charge in [-0.15, -0.1) is 11.3 Å². The number of amides is 2. The number of hydrogen-bond donors (Lipinski definition) is 3. The maximum Gasteiger partial charge on any atom is 0.272 e. The van der Waals surface area contributed by atoms with E-state index in [-0.39, 0.29) is 39.5 Å². The Balaban J connectivity index is 1.40. The van der Waals surface area contributed by atoms with Crippen LogP contribution in [-0.2, 0) is 0 Å². The summed E-state index contributed by atoms with van der Waals surface area (Å²) in [5.41, 5.74) is 13.4. The Kier molecular flexibility index (Phi) is 8.73. The fourth-order valence-corrected chi connectivity index (χ4v) is 5.90. The van der Waals surface area contributed by atoms with Gasteiger partial charge in [0.15, 0.2) is 5.82 Å². The molecule has 1 aromatic carbocycles. The lowest BCUT2D eigenvalue weighted by Gasteiger charge is -2.34. The lowest BCUT2D eigenvalue weighted by atomic mass is 10.0. The molecule has 2 amide bonds. The van der Waals surface area contributed by atoms with Crippen molar-refractivity contribution in [1.82, 2.24) is 24.8 Å². The first kappa shape index (κ1) is 30.1. The number of aromatic nitrogens is 3. The highest BCUT2D eigenvalue weighted by Gasteiger charge is 2.29. The number of piperidine rings is 1. The number of thiophene rings is 1. The normalized spacial score (nSPS) is 15.4. The number of primary amides is 1. The van der Waals surface area contributed by atoms with Crippen molar-refractivity contribution in [1.29, 1.82) is 0 Å². The second-order valence-electron chi connectivity index (χ2n) is 10.4. The molecule has 0 unspecified atom stereocenters. The van der Waals surface area contributed by atoms with Crippen LogP contribution in [-0.4, -0.2) is 77.7 Å². The summed E-state index contributed by atoms with van der Waals surface area (Å²) in [5, 5.41) is 7.31. The number of nitrogen functional groups attached to an aromatic ring is 1. The van der Waals surface area contributed by atoms with Crippen LogP contribution in [0.1, 0.15) is 44.2 Å². The molecule has 0 spiro atoms. The molecule has 11 nitrogen and oxygen atoms in total. The van der Waals surface area contributed by atoms with E-state index in [2.05, 4.69) is 15.4 Å². The zero-order chi connectivity index (χ0) is 30.8. The van der Waals surface area contributed by atoms with E-state index in [1.54, 1.807) is 16.6 Å². The average molecular weight is 617 g/mol. The molecular weight excluding hydrogens is 585 g/mol. The van der Waals surface area contributed by atoms with Crippen molar-refractivity contribution < 1.29 is 27.5 Å². The predicted octanol–water partition coefficient (Wildman–Crippen LogP) is 3.55. The third-order valence-corrected chi connectivity index (χ3v) is 8.25. The molecule has 15 heteroatoms. The van der Waals surface area contributed by atoms with E-state index in [1.165, 1.54) is 24.5 Å². The minimum absolute atomic E-state index is 0.0989. The van der Waals surface area contributed by atoms with Crippen LogP contribution in [0.25, 0.3) is 16.8 Å². The van der Waals surface area contributed by atoms with Crippen molar-refractivity contribution >= 4 is 40.2 Å². The van der Waals surface area contributed by atoms with Gasteiger partial charge in [-0.05, 0) is 45.1 Å². The van der Waals surface area contributed by atoms with Gasteiger partial charge in [-0.2, -0.15) is 5.10 Å². The van der Waals surface area contributed by atoms with Crippen LogP contribution in [0, 0.1) is 5.82 Å². The number of halogens is 3. The maximum atomic E-state index is 14.6. The second kappa shape index (κ2) is 12.5. The highest BCUT2D eigenvalue weighted by atomic mass is 32.1. The number of ether oxygens (including phenoxy) is 1. The Morgan fingerprint density at radius 1 is 1.26 bits per heavy atom. The maximum absolute atomic E-state index is 14.6. The zero-order valence-corrected chi connectivity index (χ0v) is 24.3. The van der Waals surface area contributed by atoms with Gasteiger partial charge in [0.05, 0.1) is 21.8 Å². The van der Waals surface area contributed by atoms with Crippen molar-refractivity contribution in [3.8, 4) is 17.0 Å². The molecule has 1 atom stereocenters. The molecule has 0 radical (unpaired) electrons. The quantitative estimate of drug-likeness (QED) is 0.246. The van der Waals surface area contributed by atoms with Crippen LogP contribution in [0.15, 0.2) is 36.7 Å².